The Morgan fingerprint density at radius 1 is 0.471 bits per heavy atom. The van der Waals surface area contributed by atoms with E-state index >= 15 is 0 Å². The van der Waals surface area contributed by atoms with Crippen LogP contribution in [0.15, 0.2) is 0 Å². The molecule has 0 bridgehead atoms. The van der Waals surface area contributed by atoms with E-state index in [1.54, 1.807) is 16.5 Å². The molecule has 0 N–H and O–H groups in total. The Labute approximate surface area is 114 Å². The average molecular weight is 274 g/mol. The summed E-state index contributed by atoms with van der Waals surface area (Å²) in [5.41, 5.74) is 0. The fourth-order valence-corrected chi connectivity index (χ4v) is 4.60. The summed E-state index contributed by atoms with van der Waals surface area (Å²) < 4.78 is 0. The van der Waals surface area contributed by atoms with Crippen LogP contribution in [0.25, 0.3) is 0 Å². The average Bonchev–Trinajstić information content (AvgIpc) is 2.35. The number of rotatable bonds is 14. The zero-order chi connectivity index (χ0) is 12.6. The Kier molecular flexibility index (Phi) is 17.7. The van der Waals surface area contributed by atoms with E-state index in [-0.39, 0.29) is 0 Å². The van der Waals surface area contributed by atoms with Crippen molar-refractivity contribution in [3.63, 3.8) is 0 Å². The van der Waals surface area contributed by atoms with E-state index in [1.165, 1.54) is 83.0 Å². The van der Waals surface area contributed by atoms with Crippen molar-refractivity contribution in [3.8, 4) is 0 Å². The summed E-state index contributed by atoms with van der Waals surface area (Å²) in [6.07, 6.45) is 18.8. The van der Waals surface area contributed by atoms with Gasteiger partial charge < -0.3 is 0 Å². The molecule has 102 valence electrons. The minimum absolute atomic E-state index is 1.37. The standard InChI is InChI=1S/C15H32P2/c1-3-5-7-9-11-13-15-17-16-14-12-10-8-6-4-2/h3-15H2,1-2H3. The molecule has 17 heavy (non-hydrogen) atoms. The van der Waals surface area contributed by atoms with Crippen molar-refractivity contribution in [1.29, 1.82) is 0 Å². The third-order valence-corrected chi connectivity index (χ3v) is 6.11. The summed E-state index contributed by atoms with van der Waals surface area (Å²) in [6.45, 7) is 4.58. The molecule has 0 saturated carbocycles. The summed E-state index contributed by atoms with van der Waals surface area (Å²) in [7, 11) is 3.38. The largest absolute Gasteiger partial charge is 0.0654 e. The zero-order valence-corrected chi connectivity index (χ0v) is 13.9. The zero-order valence-electron chi connectivity index (χ0n) is 12.1. The van der Waals surface area contributed by atoms with Gasteiger partial charge in [-0.25, -0.2) is 0 Å². The van der Waals surface area contributed by atoms with Gasteiger partial charge in [-0.15, -0.1) is 0 Å². The van der Waals surface area contributed by atoms with Gasteiger partial charge in [-0.2, -0.15) is 0 Å². The smallest absolute Gasteiger partial charge is 0.0242 e. The Bertz CT molecular complexity index is 112. The van der Waals surface area contributed by atoms with Crippen LogP contribution in [0.5, 0.6) is 0 Å². The molecule has 0 fully saturated rings. The molecule has 0 nitrogen and oxygen atoms in total. The predicted octanol–water partition coefficient (Wildman–Crippen LogP) is 7.12. The van der Waals surface area contributed by atoms with Gasteiger partial charge in [0.1, 0.15) is 0 Å². The summed E-state index contributed by atoms with van der Waals surface area (Å²) in [4.78, 5) is 0. The van der Waals surface area contributed by atoms with E-state index in [0.29, 0.717) is 0 Å². The normalized spacial score (nSPS) is 12.4. The Morgan fingerprint density at radius 2 is 0.824 bits per heavy atom. The summed E-state index contributed by atoms with van der Waals surface area (Å²) in [6, 6.07) is 0. The number of unbranched alkanes of at least 4 members (excludes halogenated alkanes) is 9. The van der Waals surface area contributed by atoms with E-state index in [2.05, 4.69) is 13.8 Å². The van der Waals surface area contributed by atoms with Gasteiger partial charge in [0.2, 0.25) is 0 Å². The highest BCUT2D eigenvalue weighted by Gasteiger charge is 1.94. The van der Waals surface area contributed by atoms with Gasteiger partial charge in [-0.3, -0.25) is 0 Å². The van der Waals surface area contributed by atoms with Crippen molar-refractivity contribution in [2.24, 2.45) is 0 Å². The van der Waals surface area contributed by atoms with Gasteiger partial charge in [0.05, 0.1) is 0 Å². The third kappa shape index (κ3) is 16.9. The molecule has 0 spiro atoms. The maximum Gasteiger partial charge on any atom is -0.0242 e. The van der Waals surface area contributed by atoms with Crippen LogP contribution in [0.4, 0.5) is 0 Å². The molecular weight excluding hydrogens is 242 g/mol. The number of hydrogen-bond donors (Lipinski definition) is 0. The van der Waals surface area contributed by atoms with Gasteiger partial charge in [-0.1, -0.05) is 71.6 Å². The molecule has 0 saturated heterocycles. The maximum absolute atomic E-state index is 2.29. The van der Waals surface area contributed by atoms with Crippen LogP contribution in [0, 0.1) is 0 Å². The second-order valence-corrected chi connectivity index (χ2v) is 8.07. The monoisotopic (exact) mass is 274 g/mol. The maximum atomic E-state index is 2.29. The Morgan fingerprint density at radius 3 is 1.24 bits per heavy atom. The van der Waals surface area contributed by atoms with Crippen LogP contribution in [-0.2, 0) is 0 Å². The molecule has 0 rings (SSSR count). The molecular formula is C15H32P2. The van der Waals surface area contributed by atoms with Crippen LogP contribution in [0.2, 0.25) is 0 Å². The van der Waals surface area contributed by atoms with E-state index in [1.807, 2.05) is 0 Å². The lowest BCUT2D eigenvalue weighted by Gasteiger charge is -2.01. The molecule has 0 heterocycles. The Hall–Kier alpha value is 0.860. The molecule has 0 aromatic heterocycles. The first-order valence-electron chi connectivity index (χ1n) is 7.75. The van der Waals surface area contributed by atoms with E-state index in [0.717, 1.165) is 0 Å². The highest BCUT2D eigenvalue weighted by molar-refractivity contribution is 8.11. The molecule has 0 aliphatic rings. The molecule has 0 amide bonds. The third-order valence-electron chi connectivity index (χ3n) is 3.07. The van der Waals surface area contributed by atoms with Gasteiger partial charge in [0.25, 0.3) is 0 Å². The van der Waals surface area contributed by atoms with Crippen molar-refractivity contribution in [2.45, 2.75) is 84.5 Å². The van der Waals surface area contributed by atoms with Crippen molar-refractivity contribution in [2.75, 3.05) is 12.3 Å². The summed E-state index contributed by atoms with van der Waals surface area (Å²) >= 11 is 0. The summed E-state index contributed by atoms with van der Waals surface area (Å²) in [5, 5.41) is 0. The minimum Gasteiger partial charge on any atom is -0.0654 e. The quantitative estimate of drug-likeness (QED) is 0.233. The number of hydrogen-bond acceptors (Lipinski definition) is 0. The van der Waals surface area contributed by atoms with Gasteiger partial charge >= 0.3 is 0 Å². The van der Waals surface area contributed by atoms with Crippen molar-refractivity contribution < 1.29 is 0 Å². The van der Waals surface area contributed by atoms with Gasteiger partial charge in [-0.05, 0) is 41.7 Å². The molecule has 0 unspecified atom stereocenters. The Balaban J connectivity index is 2.85. The van der Waals surface area contributed by atoms with Crippen LogP contribution in [0.3, 0.4) is 0 Å². The lowest BCUT2D eigenvalue weighted by molar-refractivity contribution is 0.627. The van der Waals surface area contributed by atoms with Crippen LogP contribution >= 0.6 is 16.5 Å². The molecule has 0 aliphatic heterocycles. The predicted molar refractivity (Wildman–Crippen MR) is 85.7 cm³/mol. The molecule has 0 aromatic carbocycles. The SMILES string of the molecule is CCCCCCCC[P][P]CCCCCCC. The first kappa shape index (κ1) is 17.9. The van der Waals surface area contributed by atoms with Crippen LogP contribution in [-0.4, -0.2) is 12.3 Å². The lowest BCUT2D eigenvalue weighted by Crippen LogP contribution is -1.80. The molecule has 0 aliphatic carbocycles. The minimum atomic E-state index is 1.37. The molecule has 2 heteroatoms. The topological polar surface area (TPSA) is 0 Å². The van der Waals surface area contributed by atoms with Crippen LogP contribution < -0.4 is 0 Å². The van der Waals surface area contributed by atoms with Gasteiger partial charge in [0, 0.05) is 0 Å². The molecule has 0 atom stereocenters. The first-order valence-corrected chi connectivity index (χ1v) is 10.6. The van der Waals surface area contributed by atoms with Crippen molar-refractivity contribution in [3.05, 3.63) is 0 Å². The molecule has 0 aromatic rings. The first-order chi connectivity index (χ1) is 8.41. The highest BCUT2D eigenvalue weighted by Crippen LogP contribution is 2.38. The second-order valence-electron chi connectivity index (χ2n) is 4.91. The second kappa shape index (κ2) is 16.9. The lowest BCUT2D eigenvalue weighted by atomic mass is 10.1. The van der Waals surface area contributed by atoms with Crippen molar-refractivity contribution in [1.82, 2.24) is 0 Å². The van der Waals surface area contributed by atoms with Crippen molar-refractivity contribution >= 4 is 16.5 Å². The van der Waals surface area contributed by atoms with E-state index < -0.39 is 0 Å². The fourth-order valence-electron chi connectivity index (χ4n) is 1.89. The highest BCUT2D eigenvalue weighted by atomic mass is 32.0. The van der Waals surface area contributed by atoms with Gasteiger partial charge in [0.15, 0.2) is 0 Å². The van der Waals surface area contributed by atoms with E-state index in [4.69, 9.17) is 0 Å². The fraction of sp³-hybridized carbons (Fsp3) is 1.00. The van der Waals surface area contributed by atoms with E-state index in [9.17, 15) is 0 Å². The molecule has 2 radical (unpaired) electrons. The summed E-state index contributed by atoms with van der Waals surface area (Å²) in [5.74, 6) is 0. The van der Waals surface area contributed by atoms with Crippen LogP contribution in [0.1, 0.15) is 84.5 Å².